The monoisotopic (exact) mass is 439 g/mol. The third-order valence-electron chi connectivity index (χ3n) is 4.67. The van der Waals surface area contributed by atoms with Gasteiger partial charge in [0.15, 0.2) is 6.61 Å². The number of hydrogen-bond acceptors (Lipinski definition) is 8. The van der Waals surface area contributed by atoms with E-state index in [1.165, 1.54) is 31.9 Å². The minimum Gasteiger partial charge on any atom is -0.497 e. The maximum absolute atomic E-state index is 12.3. The lowest BCUT2D eigenvalue weighted by Gasteiger charge is -2.09. The number of carbonyl (C=O) groups is 2. The van der Waals surface area contributed by atoms with E-state index in [1.807, 2.05) is 24.3 Å². The largest absolute Gasteiger partial charge is 0.497 e. The summed E-state index contributed by atoms with van der Waals surface area (Å²) in [6, 6.07) is 12.6. The third-order valence-corrected chi connectivity index (χ3v) is 4.67. The molecule has 0 saturated heterocycles. The molecule has 9 nitrogen and oxygen atoms in total. The first-order chi connectivity index (χ1) is 15.4. The van der Waals surface area contributed by atoms with Crippen LogP contribution in [0, 0.1) is 0 Å². The van der Waals surface area contributed by atoms with Crippen LogP contribution >= 0.6 is 0 Å². The first-order valence-corrected chi connectivity index (χ1v) is 9.99. The maximum Gasteiger partial charge on any atom is 0.325 e. The molecule has 0 aliphatic heterocycles. The zero-order chi connectivity index (χ0) is 23.1. The van der Waals surface area contributed by atoms with Crippen molar-refractivity contribution in [2.75, 3.05) is 20.8 Å². The summed E-state index contributed by atoms with van der Waals surface area (Å²) in [5.74, 6) is 0.803. The summed E-state index contributed by atoms with van der Waals surface area (Å²) in [6.07, 6.45) is 0. The second-order valence-corrected chi connectivity index (χ2v) is 7.23. The maximum atomic E-state index is 12.3. The fourth-order valence-corrected chi connectivity index (χ4v) is 2.83. The van der Waals surface area contributed by atoms with E-state index >= 15 is 0 Å². The number of amides is 1. The summed E-state index contributed by atoms with van der Waals surface area (Å²) in [4.78, 5) is 28.6. The molecule has 2 aromatic carbocycles. The van der Waals surface area contributed by atoms with Crippen LogP contribution in [0.25, 0.3) is 11.4 Å². The highest BCUT2D eigenvalue weighted by atomic mass is 16.6. The highest BCUT2D eigenvalue weighted by molar-refractivity contribution is 5.96. The molecule has 0 spiro atoms. The molecule has 9 heteroatoms. The molecule has 0 bridgehead atoms. The molecular weight excluding hydrogens is 414 g/mol. The smallest absolute Gasteiger partial charge is 0.325 e. The number of rotatable bonds is 9. The van der Waals surface area contributed by atoms with Crippen LogP contribution in [0.1, 0.15) is 41.6 Å². The normalized spacial score (nSPS) is 10.7. The lowest BCUT2D eigenvalue weighted by Crippen LogP contribution is -2.30. The minimum atomic E-state index is -0.644. The molecule has 3 aromatic rings. The van der Waals surface area contributed by atoms with Gasteiger partial charge in [-0.05, 0) is 23.6 Å². The van der Waals surface area contributed by atoms with Crippen molar-refractivity contribution in [3.63, 3.8) is 0 Å². The van der Waals surface area contributed by atoms with Crippen molar-refractivity contribution in [3.05, 3.63) is 59.5 Å². The van der Waals surface area contributed by atoms with E-state index in [4.69, 9.17) is 18.7 Å². The molecule has 0 atom stereocenters. The summed E-state index contributed by atoms with van der Waals surface area (Å²) >= 11 is 0. The average molecular weight is 439 g/mol. The van der Waals surface area contributed by atoms with Gasteiger partial charge in [-0.3, -0.25) is 9.59 Å². The SMILES string of the molecule is COc1cc(OC)cc(C(=O)NCC(=O)OCc2nc(-c3ccc(C(C)C)cc3)no2)c1. The van der Waals surface area contributed by atoms with Crippen molar-refractivity contribution in [2.45, 2.75) is 26.4 Å². The number of benzene rings is 2. The Hall–Kier alpha value is -3.88. The fraction of sp³-hybridized carbons (Fsp3) is 0.304. The van der Waals surface area contributed by atoms with Crippen molar-refractivity contribution in [2.24, 2.45) is 0 Å². The Bertz CT molecular complexity index is 1050. The Morgan fingerprint density at radius 3 is 2.28 bits per heavy atom. The van der Waals surface area contributed by atoms with E-state index in [9.17, 15) is 9.59 Å². The second-order valence-electron chi connectivity index (χ2n) is 7.23. The molecule has 32 heavy (non-hydrogen) atoms. The summed E-state index contributed by atoms with van der Waals surface area (Å²) in [6.45, 7) is 3.71. The first-order valence-electron chi connectivity index (χ1n) is 9.99. The van der Waals surface area contributed by atoms with Gasteiger partial charge in [-0.1, -0.05) is 43.3 Å². The van der Waals surface area contributed by atoms with E-state index in [-0.39, 0.29) is 19.0 Å². The topological polar surface area (TPSA) is 113 Å². The zero-order valence-corrected chi connectivity index (χ0v) is 18.4. The van der Waals surface area contributed by atoms with Crippen molar-refractivity contribution in [1.82, 2.24) is 15.5 Å². The number of nitrogens with zero attached hydrogens (tertiary/aromatic N) is 2. The molecule has 0 aliphatic carbocycles. The van der Waals surface area contributed by atoms with E-state index in [2.05, 4.69) is 29.3 Å². The Morgan fingerprint density at radius 2 is 1.69 bits per heavy atom. The molecule has 1 aromatic heterocycles. The molecule has 3 rings (SSSR count). The van der Waals surface area contributed by atoms with Crippen LogP contribution < -0.4 is 14.8 Å². The second kappa shape index (κ2) is 10.4. The van der Waals surface area contributed by atoms with Gasteiger partial charge in [0.1, 0.15) is 18.0 Å². The Balaban J connectivity index is 1.51. The van der Waals surface area contributed by atoms with E-state index in [0.29, 0.717) is 28.8 Å². The van der Waals surface area contributed by atoms with Crippen LogP contribution in [-0.2, 0) is 16.1 Å². The zero-order valence-electron chi connectivity index (χ0n) is 18.4. The van der Waals surface area contributed by atoms with Gasteiger partial charge in [0.05, 0.1) is 14.2 Å². The summed E-state index contributed by atoms with van der Waals surface area (Å²) in [5.41, 5.74) is 2.30. The Labute approximate surface area is 185 Å². The van der Waals surface area contributed by atoms with Gasteiger partial charge in [-0.2, -0.15) is 4.98 Å². The number of hydrogen-bond donors (Lipinski definition) is 1. The predicted molar refractivity (Wildman–Crippen MR) is 115 cm³/mol. The molecule has 1 amide bonds. The van der Waals surface area contributed by atoms with Crippen LogP contribution in [0.3, 0.4) is 0 Å². The Kier molecular flexibility index (Phi) is 7.43. The summed E-state index contributed by atoms with van der Waals surface area (Å²) < 4.78 is 20.5. The Morgan fingerprint density at radius 1 is 1.03 bits per heavy atom. The van der Waals surface area contributed by atoms with Crippen molar-refractivity contribution in [1.29, 1.82) is 0 Å². The van der Waals surface area contributed by atoms with E-state index < -0.39 is 11.9 Å². The van der Waals surface area contributed by atoms with Crippen LogP contribution in [-0.4, -0.2) is 42.8 Å². The van der Waals surface area contributed by atoms with Crippen LogP contribution in [0.5, 0.6) is 11.5 Å². The summed E-state index contributed by atoms with van der Waals surface area (Å²) in [7, 11) is 2.97. The van der Waals surface area contributed by atoms with Gasteiger partial charge < -0.3 is 24.1 Å². The van der Waals surface area contributed by atoms with E-state index in [0.717, 1.165) is 5.56 Å². The van der Waals surface area contributed by atoms with Gasteiger partial charge in [0, 0.05) is 17.2 Å². The number of methoxy groups -OCH3 is 2. The number of aromatic nitrogens is 2. The minimum absolute atomic E-state index is 0.158. The van der Waals surface area contributed by atoms with Crippen LogP contribution in [0.15, 0.2) is 47.0 Å². The number of nitrogens with one attached hydrogen (secondary N) is 1. The molecule has 168 valence electrons. The molecule has 1 heterocycles. The molecule has 0 fully saturated rings. The van der Waals surface area contributed by atoms with Crippen molar-refractivity contribution in [3.8, 4) is 22.9 Å². The van der Waals surface area contributed by atoms with Gasteiger partial charge in [-0.15, -0.1) is 0 Å². The molecule has 1 N–H and O–H groups in total. The van der Waals surface area contributed by atoms with Gasteiger partial charge in [0.25, 0.3) is 11.8 Å². The first kappa shape index (κ1) is 22.8. The molecule has 0 unspecified atom stereocenters. The quantitative estimate of drug-likeness (QED) is 0.505. The van der Waals surface area contributed by atoms with Crippen molar-refractivity contribution >= 4 is 11.9 Å². The molecule has 0 aliphatic rings. The number of esters is 1. The lowest BCUT2D eigenvalue weighted by atomic mass is 10.0. The third kappa shape index (κ3) is 5.84. The standard InChI is InChI=1S/C23H25N3O6/c1-14(2)15-5-7-16(8-6-15)22-25-20(32-26-22)13-31-21(27)12-24-23(28)17-9-18(29-3)11-19(10-17)30-4/h5-11,14H,12-13H2,1-4H3,(H,24,28). The van der Waals surface area contributed by atoms with Gasteiger partial charge in [0.2, 0.25) is 5.82 Å². The molecule has 0 saturated carbocycles. The molecular formula is C23H25N3O6. The average Bonchev–Trinajstić information content (AvgIpc) is 3.29. The van der Waals surface area contributed by atoms with Crippen LogP contribution in [0.4, 0.5) is 0 Å². The lowest BCUT2D eigenvalue weighted by molar-refractivity contribution is -0.144. The van der Waals surface area contributed by atoms with E-state index in [1.54, 1.807) is 6.07 Å². The van der Waals surface area contributed by atoms with Crippen LogP contribution in [0.2, 0.25) is 0 Å². The van der Waals surface area contributed by atoms with Crippen molar-refractivity contribution < 1.29 is 28.3 Å². The number of carbonyl (C=O) groups excluding carboxylic acids is 2. The number of ether oxygens (including phenoxy) is 3. The summed E-state index contributed by atoms with van der Waals surface area (Å²) in [5, 5.41) is 6.41. The van der Waals surface area contributed by atoms with Gasteiger partial charge >= 0.3 is 5.97 Å². The highest BCUT2D eigenvalue weighted by Gasteiger charge is 2.14. The fourth-order valence-electron chi connectivity index (χ4n) is 2.83. The highest BCUT2D eigenvalue weighted by Crippen LogP contribution is 2.22. The predicted octanol–water partition coefficient (Wildman–Crippen LogP) is 3.35. The molecule has 0 radical (unpaired) electrons. The van der Waals surface area contributed by atoms with Gasteiger partial charge in [-0.25, -0.2) is 0 Å².